The molecule has 2 rings (SSSR count). The van der Waals surface area contributed by atoms with Gasteiger partial charge in [-0.2, -0.15) is 0 Å². The zero-order valence-electron chi connectivity index (χ0n) is 12.2. The summed E-state index contributed by atoms with van der Waals surface area (Å²) in [6, 6.07) is 0. The van der Waals surface area contributed by atoms with Gasteiger partial charge in [0.15, 0.2) is 0 Å². The molecule has 1 heterocycles. The molecule has 1 fully saturated rings. The SMILES string of the molecule is CCNc1nc(C2CCCC2)nc(CC(C)C)c1Br. The highest BCUT2D eigenvalue weighted by molar-refractivity contribution is 9.10. The van der Waals surface area contributed by atoms with Crippen LogP contribution >= 0.6 is 15.9 Å². The molecule has 0 spiro atoms. The smallest absolute Gasteiger partial charge is 0.144 e. The fraction of sp³-hybridized carbons (Fsp3) is 0.733. The van der Waals surface area contributed by atoms with Gasteiger partial charge in [-0.3, -0.25) is 0 Å². The summed E-state index contributed by atoms with van der Waals surface area (Å²) in [5.74, 6) is 3.19. The van der Waals surface area contributed by atoms with Crippen molar-refractivity contribution in [3.63, 3.8) is 0 Å². The van der Waals surface area contributed by atoms with E-state index in [0.29, 0.717) is 11.8 Å². The molecule has 0 atom stereocenters. The lowest BCUT2D eigenvalue weighted by molar-refractivity contribution is 0.611. The lowest BCUT2D eigenvalue weighted by Crippen LogP contribution is -2.11. The predicted molar refractivity (Wildman–Crippen MR) is 83.6 cm³/mol. The molecule has 19 heavy (non-hydrogen) atoms. The largest absolute Gasteiger partial charge is 0.369 e. The quantitative estimate of drug-likeness (QED) is 0.864. The maximum Gasteiger partial charge on any atom is 0.144 e. The number of anilines is 1. The van der Waals surface area contributed by atoms with Crippen LogP contribution in [0.5, 0.6) is 0 Å². The Morgan fingerprint density at radius 3 is 2.53 bits per heavy atom. The van der Waals surface area contributed by atoms with E-state index in [4.69, 9.17) is 9.97 Å². The molecule has 1 aliphatic rings. The number of halogens is 1. The van der Waals surface area contributed by atoms with Crippen LogP contribution in [0.4, 0.5) is 5.82 Å². The number of hydrogen-bond donors (Lipinski definition) is 1. The van der Waals surface area contributed by atoms with Crippen molar-refractivity contribution in [2.45, 2.75) is 58.8 Å². The number of nitrogens with one attached hydrogen (secondary N) is 1. The van der Waals surface area contributed by atoms with Crippen molar-refractivity contribution in [1.82, 2.24) is 9.97 Å². The van der Waals surface area contributed by atoms with Crippen LogP contribution in [-0.4, -0.2) is 16.5 Å². The highest BCUT2D eigenvalue weighted by Gasteiger charge is 2.22. The third kappa shape index (κ3) is 3.68. The molecular formula is C15H24BrN3. The van der Waals surface area contributed by atoms with Crippen LogP contribution in [0, 0.1) is 5.92 Å². The Balaban J connectivity index is 2.34. The Hall–Kier alpha value is -0.640. The molecule has 0 radical (unpaired) electrons. The van der Waals surface area contributed by atoms with Crippen molar-refractivity contribution >= 4 is 21.7 Å². The fourth-order valence-electron chi connectivity index (χ4n) is 2.69. The lowest BCUT2D eigenvalue weighted by atomic mass is 10.1. The summed E-state index contributed by atoms with van der Waals surface area (Å²) in [6.07, 6.45) is 6.13. The van der Waals surface area contributed by atoms with Gasteiger partial charge in [0.2, 0.25) is 0 Å². The number of hydrogen-bond acceptors (Lipinski definition) is 3. The third-order valence-electron chi connectivity index (χ3n) is 3.60. The summed E-state index contributed by atoms with van der Waals surface area (Å²) in [7, 11) is 0. The van der Waals surface area contributed by atoms with Gasteiger partial charge in [-0.25, -0.2) is 9.97 Å². The van der Waals surface area contributed by atoms with Crippen molar-refractivity contribution in [2.24, 2.45) is 5.92 Å². The van der Waals surface area contributed by atoms with Gasteiger partial charge in [-0.05, 0) is 48.0 Å². The van der Waals surface area contributed by atoms with Crippen molar-refractivity contribution in [3.8, 4) is 0 Å². The van der Waals surface area contributed by atoms with E-state index in [1.807, 2.05) is 0 Å². The van der Waals surface area contributed by atoms with Crippen LogP contribution in [-0.2, 0) is 6.42 Å². The topological polar surface area (TPSA) is 37.8 Å². The first-order chi connectivity index (χ1) is 9.11. The van der Waals surface area contributed by atoms with Crippen LogP contribution in [0.1, 0.15) is 63.9 Å². The van der Waals surface area contributed by atoms with Crippen LogP contribution in [0.3, 0.4) is 0 Å². The molecule has 1 saturated carbocycles. The minimum Gasteiger partial charge on any atom is -0.369 e. The van der Waals surface area contributed by atoms with E-state index in [1.54, 1.807) is 0 Å². The minimum atomic E-state index is 0.566. The molecule has 0 aromatic carbocycles. The maximum absolute atomic E-state index is 4.84. The normalized spacial score (nSPS) is 16.3. The first-order valence-corrected chi connectivity index (χ1v) is 8.21. The molecule has 0 amide bonds. The van der Waals surface area contributed by atoms with Crippen molar-refractivity contribution in [1.29, 1.82) is 0 Å². The average molecular weight is 326 g/mol. The second-order valence-corrected chi connectivity index (χ2v) is 6.59. The Morgan fingerprint density at radius 1 is 1.26 bits per heavy atom. The highest BCUT2D eigenvalue weighted by Crippen LogP contribution is 2.35. The van der Waals surface area contributed by atoms with Crippen LogP contribution < -0.4 is 5.32 Å². The summed E-state index contributed by atoms with van der Waals surface area (Å²) < 4.78 is 1.05. The van der Waals surface area contributed by atoms with E-state index in [9.17, 15) is 0 Å². The monoisotopic (exact) mass is 325 g/mol. The number of nitrogens with zero attached hydrogens (tertiary/aromatic N) is 2. The van der Waals surface area contributed by atoms with E-state index in [-0.39, 0.29) is 0 Å². The first kappa shape index (κ1) is 14.8. The first-order valence-electron chi connectivity index (χ1n) is 7.42. The van der Waals surface area contributed by atoms with Crippen LogP contribution in [0.25, 0.3) is 0 Å². The molecule has 4 heteroatoms. The zero-order chi connectivity index (χ0) is 13.8. The standard InChI is InChI=1S/C15H24BrN3/c1-4-17-15-13(16)12(9-10(2)3)18-14(19-15)11-7-5-6-8-11/h10-11H,4-9H2,1-3H3,(H,17,18,19). The molecule has 1 N–H and O–H groups in total. The Bertz CT molecular complexity index is 426. The molecule has 1 aliphatic carbocycles. The average Bonchev–Trinajstić information content (AvgIpc) is 2.87. The van der Waals surface area contributed by atoms with Crippen molar-refractivity contribution < 1.29 is 0 Å². The summed E-state index contributed by atoms with van der Waals surface area (Å²) in [4.78, 5) is 9.58. The second kappa shape index (κ2) is 6.69. The molecule has 0 aliphatic heterocycles. The van der Waals surface area contributed by atoms with Gasteiger partial charge in [-0.1, -0.05) is 26.7 Å². The van der Waals surface area contributed by atoms with Gasteiger partial charge < -0.3 is 5.32 Å². The summed E-state index contributed by atoms with van der Waals surface area (Å²) >= 11 is 3.67. The third-order valence-corrected chi connectivity index (χ3v) is 4.44. The number of rotatable bonds is 5. The van der Waals surface area contributed by atoms with Gasteiger partial charge in [0.25, 0.3) is 0 Å². The second-order valence-electron chi connectivity index (χ2n) is 5.80. The van der Waals surface area contributed by atoms with Gasteiger partial charge in [0.1, 0.15) is 11.6 Å². The lowest BCUT2D eigenvalue weighted by Gasteiger charge is -2.16. The van der Waals surface area contributed by atoms with Crippen LogP contribution in [0.15, 0.2) is 4.47 Å². The Kier molecular flexibility index (Phi) is 5.20. The van der Waals surface area contributed by atoms with Gasteiger partial charge in [-0.15, -0.1) is 0 Å². The summed E-state index contributed by atoms with van der Waals surface area (Å²) in [5.41, 5.74) is 1.16. The molecular weight excluding hydrogens is 302 g/mol. The van der Waals surface area contributed by atoms with Crippen molar-refractivity contribution in [3.05, 3.63) is 16.0 Å². The Labute approximate surface area is 124 Å². The summed E-state index contributed by atoms with van der Waals surface area (Å²) in [5, 5.41) is 3.36. The molecule has 0 saturated heterocycles. The predicted octanol–water partition coefficient (Wildman–Crippen LogP) is 4.53. The molecule has 0 bridgehead atoms. The molecule has 0 unspecified atom stereocenters. The molecule has 1 aromatic rings. The van der Waals surface area contributed by atoms with Crippen molar-refractivity contribution in [2.75, 3.05) is 11.9 Å². The van der Waals surface area contributed by atoms with E-state index in [2.05, 4.69) is 42.0 Å². The van der Waals surface area contributed by atoms with Gasteiger partial charge in [0.05, 0.1) is 10.2 Å². The summed E-state index contributed by atoms with van der Waals surface area (Å²) in [6.45, 7) is 7.46. The molecule has 1 aromatic heterocycles. The molecule has 106 valence electrons. The van der Waals surface area contributed by atoms with Gasteiger partial charge >= 0.3 is 0 Å². The van der Waals surface area contributed by atoms with E-state index >= 15 is 0 Å². The minimum absolute atomic E-state index is 0.566. The van der Waals surface area contributed by atoms with E-state index < -0.39 is 0 Å². The van der Waals surface area contributed by atoms with Gasteiger partial charge in [0, 0.05) is 12.5 Å². The zero-order valence-corrected chi connectivity index (χ0v) is 13.8. The van der Waals surface area contributed by atoms with Crippen LogP contribution in [0.2, 0.25) is 0 Å². The molecule has 3 nitrogen and oxygen atoms in total. The number of aromatic nitrogens is 2. The highest BCUT2D eigenvalue weighted by atomic mass is 79.9. The van der Waals surface area contributed by atoms with E-state index in [1.165, 1.54) is 25.7 Å². The van der Waals surface area contributed by atoms with E-state index in [0.717, 1.165) is 34.8 Å². The maximum atomic E-state index is 4.84. The fourth-order valence-corrected chi connectivity index (χ4v) is 3.17. The Morgan fingerprint density at radius 2 is 1.95 bits per heavy atom.